The van der Waals surface area contributed by atoms with Crippen LogP contribution in [-0.2, 0) is 17.6 Å². The van der Waals surface area contributed by atoms with Crippen LogP contribution in [0.4, 0.5) is 0 Å². The Morgan fingerprint density at radius 3 is 2.61 bits per heavy atom. The lowest BCUT2D eigenvalue weighted by Crippen LogP contribution is -2.06. The first-order valence-electron chi connectivity index (χ1n) is 5.94. The first-order chi connectivity index (χ1) is 8.62. The molecule has 18 heavy (non-hydrogen) atoms. The van der Waals surface area contributed by atoms with Gasteiger partial charge in [0.25, 0.3) is 0 Å². The number of aryl methyl sites for hydroxylation is 1. The SMILES string of the molecule is CCc1cc2cc(Cl)c(CC)c(C(=O)OC)c2o1. The third kappa shape index (κ3) is 1.99. The molecule has 1 aromatic heterocycles. The number of furan rings is 1. The zero-order valence-corrected chi connectivity index (χ0v) is 11.4. The van der Waals surface area contributed by atoms with Gasteiger partial charge in [-0.3, -0.25) is 0 Å². The summed E-state index contributed by atoms with van der Waals surface area (Å²) in [4.78, 5) is 11.9. The van der Waals surface area contributed by atoms with E-state index in [0.29, 0.717) is 22.6 Å². The lowest BCUT2D eigenvalue weighted by Gasteiger charge is -2.08. The average Bonchev–Trinajstić information content (AvgIpc) is 2.78. The number of rotatable bonds is 3. The third-order valence-corrected chi connectivity index (χ3v) is 3.34. The minimum atomic E-state index is -0.406. The molecule has 0 bridgehead atoms. The quantitative estimate of drug-likeness (QED) is 0.789. The molecular formula is C14H15ClO3. The van der Waals surface area contributed by atoms with Crippen molar-refractivity contribution in [3.8, 4) is 0 Å². The van der Waals surface area contributed by atoms with Crippen LogP contribution in [0.3, 0.4) is 0 Å². The lowest BCUT2D eigenvalue weighted by molar-refractivity contribution is 0.0600. The molecule has 0 radical (unpaired) electrons. The molecule has 0 aliphatic carbocycles. The molecule has 4 heteroatoms. The molecule has 0 aliphatic heterocycles. The second kappa shape index (κ2) is 5.02. The fraction of sp³-hybridized carbons (Fsp3) is 0.357. The van der Waals surface area contributed by atoms with E-state index >= 15 is 0 Å². The summed E-state index contributed by atoms with van der Waals surface area (Å²) < 4.78 is 10.5. The van der Waals surface area contributed by atoms with Gasteiger partial charge >= 0.3 is 5.97 Å². The molecule has 0 saturated heterocycles. The molecule has 0 fully saturated rings. The van der Waals surface area contributed by atoms with E-state index in [0.717, 1.165) is 23.1 Å². The second-order valence-electron chi connectivity index (χ2n) is 4.04. The minimum absolute atomic E-state index is 0.406. The van der Waals surface area contributed by atoms with E-state index in [1.807, 2.05) is 26.0 Å². The Morgan fingerprint density at radius 1 is 1.33 bits per heavy atom. The Morgan fingerprint density at radius 2 is 2.06 bits per heavy atom. The summed E-state index contributed by atoms with van der Waals surface area (Å²) in [6, 6.07) is 3.75. The van der Waals surface area contributed by atoms with Crippen molar-refractivity contribution in [3.05, 3.63) is 34.0 Å². The molecular weight excluding hydrogens is 252 g/mol. The third-order valence-electron chi connectivity index (χ3n) is 3.00. The zero-order chi connectivity index (χ0) is 13.3. The van der Waals surface area contributed by atoms with Gasteiger partial charge in [-0.2, -0.15) is 0 Å². The lowest BCUT2D eigenvalue weighted by atomic mass is 10.0. The normalized spacial score (nSPS) is 10.9. The Balaban J connectivity index is 2.81. The fourth-order valence-electron chi connectivity index (χ4n) is 2.08. The number of hydrogen-bond acceptors (Lipinski definition) is 3. The molecule has 0 unspecified atom stereocenters. The topological polar surface area (TPSA) is 39.4 Å². The largest absolute Gasteiger partial charge is 0.465 e. The smallest absolute Gasteiger partial charge is 0.342 e. The summed E-state index contributed by atoms with van der Waals surface area (Å²) in [5, 5.41) is 1.42. The van der Waals surface area contributed by atoms with Gasteiger partial charge < -0.3 is 9.15 Å². The molecule has 0 amide bonds. The van der Waals surface area contributed by atoms with E-state index in [9.17, 15) is 4.79 Å². The molecule has 0 spiro atoms. The standard InChI is InChI=1S/C14H15ClO3/c1-4-9-6-8-7-11(15)10(5-2)12(13(8)18-9)14(16)17-3/h6-7H,4-5H2,1-3H3. The number of carbonyl (C=O) groups is 1. The van der Waals surface area contributed by atoms with Gasteiger partial charge in [0.1, 0.15) is 16.9 Å². The van der Waals surface area contributed by atoms with Gasteiger partial charge in [-0.15, -0.1) is 0 Å². The molecule has 96 valence electrons. The Hall–Kier alpha value is -1.48. The Kier molecular flexibility index (Phi) is 3.62. The summed E-state index contributed by atoms with van der Waals surface area (Å²) in [5.41, 5.74) is 1.79. The molecule has 2 aromatic rings. The van der Waals surface area contributed by atoms with Gasteiger partial charge in [-0.05, 0) is 24.1 Å². The number of esters is 1. The van der Waals surface area contributed by atoms with Crippen LogP contribution in [0.1, 0.15) is 35.5 Å². The van der Waals surface area contributed by atoms with Crippen molar-refractivity contribution in [2.24, 2.45) is 0 Å². The fourth-order valence-corrected chi connectivity index (χ4v) is 2.42. The molecule has 1 aromatic carbocycles. The van der Waals surface area contributed by atoms with Crippen LogP contribution in [0.15, 0.2) is 16.5 Å². The first-order valence-corrected chi connectivity index (χ1v) is 6.32. The summed E-state index contributed by atoms with van der Waals surface area (Å²) in [5.74, 6) is 0.427. The number of benzene rings is 1. The molecule has 1 heterocycles. The Bertz CT molecular complexity index is 599. The minimum Gasteiger partial charge on any atom is -0.465 e. The van der Waals surface area contributed by atoms with E-state index in [-0.39, 0.29) is 0 Å². The van der Waals surface area contributed by atoms with Crippen molar-refractivity contribution in [3.63, 3.8) is 0 Å². The van der Waals surface area contributed by atoms with Crippen molar-refractivity contribution < 1.29 is 13.9 Å². The van der Waals surface area contributed by atoms with Gasteiger partial charge in [-0.25, -0.2) is 4.79 Å². The molecule has 3 nitrogen and oxygen atoms in total. The maximum absolute atomic E-state index is 11.9. The van der Waals surface area contributed by atoms with E-state index in [1.54, 1.807) is 0 Å². The van der Waals surface area contributed by atoms with Gasteiger partial charge in [0, 0.05) is 16.8 Å². The van der Waals surface area contributed by atoms with Crippen LogP contribution < -0.4 is 0 Å². The predicted octanol–water partition coefficient (Wildman–Crippen LogP) is 4.00. The highest BCUT2D eigenvalue weighted by molar-refractivity contribution is 6.33. The number of halogens is 1. The number of methoxy groups -OCH3 is 1. The summed E-state index contributed by atoms with van der Waals surface area (Å²) in [6.45, 7) is 3.95. The van der Waals surface area contributed by atoms with E-state index < -0.39 is 5.97 Å². The van der Waals surface area contributed by atoms with Crippen LogP contribution in [0, 0.1) is 0 Å². The molecule has 2 rings (SSSR count). The van der Waals surface area contributed by atoms with Crippen molar-refractivity contribution in [1.29, 1.82) is 0 Å². The number of ether oxygens (including phenoxy) is 1. The average molecular weight is 267 g/mol. The molecule has 0 N–H and O–H groups in total. The second-order valence-corrected chi connectivity index (χ2v) is 4.45. The van der Waals surface area contributed by atoms with Gasteiger partial charge in [-0.1, -0.05) is 25.4 Å². The number of fused-ring (bicyclic) bond motifs is 1. The maximum atomic E-state index is 11.9. The van der Waals surface area contributed by atoms with E-state index in [2.05, 4.69) is 0 Å². The van der Waals surface area contributed by atoms with Crippen molar-refractivity contribution in [2.75, 3.05) is 7.11 Å². The van der Waals surface area contributed by atoms with Crippen LogP contribution in [0.2, 0.25) is 5.02 Å². The van der Waals surface area contributed by atoms with Crippen LogP contribution in [0.25, 0.3) is 11.0 Å². The predicted molar refractivity (Wildman–Crippen MR) is 71.3 cm³/mol. The van der Waals surface area contributed by atoms with Crippen LogP contribution in [-0.4, -0.2) is 13.1 Å². The van der Waals surface area contributed by atoms with Crippen molar-refractivity contribution in [2.45, 2.75) is 26.7 Å². The Labute approximate surface area is 111 Å². The van der Waals surface area contributed by atoms with E-state index in [1.165, 1.54) is 7.11 Å². The molecule has 0 atom stereocenters. The molecule has 0 aliphatic rings. The number of hydrogen-bond donors (Lipinski definition) is 0. The van der Waals surface area contributed by atoms with Crippen LogP contribution >= 0.6 is 11.6 Å². The van der Waals surface area contributed by atoms with Gasteiger partial charge in [0.2, 0.25) is 0 Å². The summed E-state index contributed by atoms with van der Waals surface area (Å²) in [6.07, 6.45) is 1.43. The van der Waals surface area contributed by atoms with Gasteiger partial charge in [0.05, 0.1) is 7.11 Å². The van der Waals surface area contributed by atoms with Crippen molar-refractivity contribution >= 4 is 28.5 Å². The monoisotopic (exact) mass is 266 g/mol. The first kappa shape index (κ1) is 13.0. The highest BCUT2D eigenvalue weighted by Crippen LogP contribution is 2.32. The van der Waals surface area contributed by atoms with Crippen molar-refractivity contribution in [1.82, 2.24) is 0 Å². The number of carbonyl (C=O) groups excluding carboxylic acids is 1. The maximum Gasteiger partial charge on any atom is 0.342 e. The molecule has 0 saturated carbocycles. The van der Waals surface area contributed by atoms with Crippen LogP contribution in [0.5, 0.6) is 0 Å². The van der Waals surface area contributed by atoms with Gasteiger partial charge in [0.15, 0.2) is 0 Å². The summed E-state index contributed by atoms with van der Waals surface area (Å²) in [7, 11) is 1.36. The highest BCUT2D eigenvalue weighted by Gasteiger charge is 2.21. The highest BCUT2D eigenvalue weighted by atomic mass is 35.5. The zero-order valence-electron chi connectivity index (χ0n) is 10.7. The van der Waals surface area contributed by atoms with E-state index in [4.69, 9.17) is 20.8 Å². The summed E-state index contributed by atoms with van der Waals surface area (Å²) >= 11 is 6.21.